The van der Waals surface area contributed by atoms with E-state index < -0.39 is 0 Å². The maximum atomic E-state index is 13.2. The molecule has 1 aliphatic rings. The van der Waals surface area contributed by atoms with E-state index in [9.17, 15) is 4.79 Å². The molecule has 1 aromatic carbocycles. The lowest BCUT2D eigenvalue weighted by molar-refractivity contribution is 0.0602. The minimum absolute atomic E-state index is 0.0243. The monoisotopic (exact) mass is 359 g/mol. The Hall–Kier alpha value is -2.11. The minimum atomic E-state index is -0.0788. The van der Waals surface area contributed by atoms with Crippen molar-refractivity contribution in [3.05, 3.63) is 58.9 Å². The molecule has 1 saturated heterocycles. The molecule has 132 valence electrons. The number of ether oxygens (including phenoxy) is 1. The summed E-state index contributed by atoms with van der Waals surface area (Å²) in [5.41, 5.74) is 6.91. The van der Waals surface area contributed by atoms with Gasteiger partial charge in [0.1, 0.15) is 12.4 Å². The number of halogens is 1. The van der Waals surface area contributed by atoms with Crippen molar-refractivity contribution >= 4 is 17.5 Å². The van der Waals surface area contributed by atoms with Crippen molar-refractivity contribution in [1.29, 1.82) is 0 Å². The van der Waals surface area contributed by atoms with Crippen LogP contribution in [-0.4, -0.2) is 35.5 Å². The number of pyridine rings is 1. The summed E-state index contributed by atoms with van der Waals surface area (Å²) < 4.78 is 5.65. The first-order valence-electron chi connectivity index (χ1n) is 8.55. The molecule has 25 heavy (non-hydrogen) atoms. The summed E-state index contributed by atoms with van der Waals surface area (Å²) in [5.74, 6) is 0.440. The van der Waals surface area contributed by atoms with Crippen molar-refractivity contribution in [2.45, 2.75) is 25.3 Å². The Balaban J connectivity index is 1.91. The summed E-state index contributed by atoms with van der Waals surface area (Å²) in [6.07, 6.45) is 4.73. The Bertz CT molecular complexity index is 724. The molecule has 6 heteroatoms. The van der Waals surface area contributed by atoms with Crippen molar-refractivity contribution in [2.24, 2.45) is 5.73 Å². The van der Waals surface area contributed by atoms with Gasteiger partial charge in [0.2, 0.25) is 0 Å². The highest BCUT2D eigenvalue weighted by molar-refractivity contribution is 6.31. The third-order valence-corrected chi connectivity index (χ3v) is 4.58. The van der Waals surface area contributed by atoms with Crippen LogP contribution in [0.4, 0.5) is 0 Å². The number of carbonyl (C=O) groups is 1. The first-order chi connectivity index (χ1) is 12.2. The van der Waals surface area contributed by atoms with Crippen LogP contribution >= 0.6 is 11.6 Å². The smallest absolute Gasteiger partial charge is 0.258 e. The summed E-state index contributed by atoms with van der Waals surface area (Å²) in [7, 11) is 0. The molecule has 3 rings (SSSR count). The van der Waals surface area contributed by atoms with Gasteiger partial charge in [0.05, 0.1) is 17.3 Å². The lowest BCUT2D eigenvalue weighted by Gasteiger charge is -2.35. The van der Waals surface area contributed by atoms with E-state index in [2.05, 4.69) is 4.98 Å². The summed E-state index contributed by atoms with van der Waals surface area (Å²) in [4.78, 5) is 19.6. The second-order valence-electron chi connectivity index (χ2n) is 6.04. The number of nitrogens with zero attached hydrogens (tertiary/aromatic N) is 2. The lowest BCUT2D eigenvalue weighted by atomic mass is 9.97. The maximum Gasteiger partial charge on any atom is 0.258 e. The predicted octanol–water partition coefficient (Wildman–Crippen LogP) is 3.44. The quantitative estimate of drug-likeness (QED) is 0.887. The average molecular weight is 360 g/mol. The summed E-state index contributed by atoms with van der Waals surface area (Å²) in [6.45, 7) is 1.44. The van der Waals surface area contributed by atoms with Crippen LogP contribution in [0.1, 0.15) is 41.4 Å². The molecule has 0 saturated carbocycles. The van der Waals surface area contributed by atoms with E-state index in [4.69, 9.17) is 22.1 Å². The molecular weight excluding hydrogens is 338 g/mol. The standard InChI is InChI=1S/C19H22ClN3O2/c20-14-7-8-18(25-12-9-21)15(13-14)19(24)23-11-4-2-6-17(23)16-5-1-3-10-22-16/h1,3,5,7-8,10,13,17H,2,4,6,9,11-12,21H2/t17-/m0/s1. The molecule has 0 radical (unpaired) electrons. The molecule has 1 aliphatic heterocycles. The van der Waals surface area contributed by atoms with Gasteiger partial charge in [0.25, 0.3) is 5.91 Å². The normalized spacial score (nSPS) is 17.4. The summed E-state index contributed by atoms with van der Waals surface area (Å²) in [6, 6.07) is 10.9. The molecule has 1 amide bonds. The van der Waals surface area contributed by atoms with E-state index in [-0.39, 0.29) is 11.9 Å². The largest absolute Gasteiger partial charge is 0.491 e. The fourth-order valence-electron chi connectivity index (χ4n) is 3.17. The highest BCUT2D eigenvalue weighted by Gasteiger charge is 2.31. The average Bonchev–Trinajstić information content (AvgIpc) is 2.67. The predicted molar refractivity (Wildman–Crippen MR) is 97.9 cm³/mol. The number of rotatable bonds is 5. The first kappa shape index (κ1) is 17.7. The molecule has 2 aromatic rings. The second kappa shape index (κ2) is 8.32. The fraction of sp³-hybridized carbons (Fsp3) is 0.368. The Kier molecular flexibility index (Phi) is 5.89. The third-order valence-electron chi connectivity index (χ3n) is 4.34. The zero-order chi connectivity index (χ0) is 17.6. The fourth-order valence-corrected chi connectivity index (χ4v) is 3.35. The molecule has 0 aliphatic carbocycles. The van der Waals surface area contributed by atoms with Gasteiger partial charge in [-0.15, -0.1) is 0 Å². The van der Waals surface area contributed by atoms with Crippen molar-refractivity contribution in [3.63, 3.8) is 0 Å². The van der Waals surface area contributed by atoms with E-state index >= 15 is 0 Å². The highest BCUT2D eigenvalue weighted by Crippen LogP contribution is 2.33. The topological polar surface area (TPSA) is 68.5 Å². The van der Waals surface area contributed by atoms with E-state index in [0.717, 1.165) is 25.0 Å². The van der Waals surface area contributed by atoms with Crippen LogP contribution < -0.4 is 10.5 Å². The number of piperidine rings is 1. The molecule has 1 fully saturated rings. The number of nitrogens with two attached hydrogens (primary N) is 1. The number of hydrogen-bond donors (Lipinski definition) is 1. The van der Waals surface area contributed by atoms with Gasteiger partial charge in [0, 0.05) is 24.3 Å². The van der Waals surface area contributed by atoms with Gasteiger partial charge in [-0.1, -0.05) is 17.7 Å². The van der Waals surface area contributed by atoms with Crippen LogP contribution in [0.5, 0.6) is 5.75 Å². The number of amides is 1. The Morgan fingerprint density at radius 1 is 1.32 bits per heavy atom. The Morgan fingerprint density at radius 2 is 2.20 bits per heavy atom. The molecular formula is C19H22ClN3O2. The summed E-state index contributed by atoms with van der Waals surface area (Å²) in [5, 5.41) is 0.509. The number of benzene rings is 1. The molecule has 1 aromatic heterocycles. The van der Waals surface area contributed by atoms with Crippen LogP contribution in [0.3, 0.4) is 0 Å². The van der Waals surface area contributed by atoms with Crippen LogP contribution in [0.15, 0.2) is 42.6 Å². The zero-order valence-electron chi connectivity index (χ0n) is 14.0. The first-order valence-corrected chi connectivity index (χ1v) is 8.93. The van der Waals surface area contributed by atoms with Crippen molar-refractivity contribution < 1.29 is 9.53 Å². The number of likely N-dealkylation sites (tertiary alicyclic amines) is 1. The van der Waals surface area contributed by atoms with Gasteiger partial charge in [-0.2, -0.15) is 0 Å². The molecule has 0 bridgehead atoms. The van der Waals surface area contributed by atoms with Crippen LogP contribution in [0.25, 0.3) is 0 Å². The highest BCUT2D eigenvalue weighted by atomic mass is 35.5. The van der Waals surface area contributed by atoms with E-state index in [1.54, 1.807) is 24.4 Å². The van der Waals surface area contributed by atoms with Gasteiger partial charge >= 0.3 is 0 Å². The molecule has 0 spiro atoms. The minimum Gasteiger partial charge on any atom is -0.491 e. The van der Waals surface area contributed by atoms with Crippen molar-refractivity contribution in [3.8, 4) is 5.75 Å². The molecule has 0 unspecified atom stereocenters. The van der Waals surface area contributed by atoms with Gasteiger partial charge in [-0.05, 0) is 49.6 Å². The number of hydrogen-bond acceptors (Lipinski definition) is 4. The van der Waals surface area contributed by atoms with Crippen LogP contribution in [-0.2, 0) is 0 Å². The Morgan fingerprint density at radius 3 is 2.96 bits per heavy atom. The number of aromatic nitrogens is 1. The zero-order valence-corrected chi connectivity index (χ0v) is 14.8. The number of carbonyl (C=O) groups excluding carboxylic acids is 1. The van der Waals surface area contributed by atoms with E-state index in [1.807, 2.05) is 23.1 Å². The molecule has 5 nitrogen and oxygen atoms in total. The van der Waals surface area contributed by atoms with Crippen LogP contribution in [0.2, 0.25) is 5.02 Å². The van der Waals surface area contributed by atoms with Gasteiger partial charge in [-0.25, -0.2) is 0 Å². The Labute approximate surface area is 152 Å². The molecule has 2 heterocycles. The van der Waals surface area contributed by atoms with Crippen molar-refractivity contribution in [2.75, 3.05) is 19.7 Å². The van der Waals surface area contributed by atoms with Gasteiger partial charge in [0.15, 0.2) is 0 Å². The SMILES string of the molecule is NCCOc1ccc(Cl)cc1C(=O)N1CCCC[C@H]1c1ccccn1. The van der Waals surface area contributed by atoms with Crippen LogP contribution in [0, 0.1) is 0 Å². The maximum absolute atomic E-state index is 13.2. The van der Waals surface area contributed by atoms with Crippen molar-refractivity contribution in [1.82, 2.24) is 9.88 Å². The summed E-state index contributed by atoms with van der Waals surface area (Å²) >= 11 is 6.12. The molecule has 2 N–H and O–H groups in total. The third kappa shape index (κ3) is 4.11. The van der Waals surface area contributed by atoms with E-state index in [0.29, 0.717) is 36.0 Å². The second-order valence-corrected chi connectivity index (χ2v) is 6.48. The van der Waals surface area contributed by atoms with E-state index in [1.165, 1.54) is 0 Å². The van der Waals surface area contributed by atoms with Gasteiger partial charge in [-0.3, -0.25) is 9.78 Å². The lowest BCUT2D eigenvalue weighted by Crippen LogP contribution is -2.39. The molecule has 1 atom stereocenters. The van der Waals surface area contributed by atoms with Gasteiger partial charge < -0.3 is 15.4 Å².